The smallest absolute Gasteiger partial charge is 0.220 e. The van der Waals surface area contributed by atoms with E-state index in [0.29, 0.717) is 18.9 Å². The third kappa shape index (κ3) is 6.54. The van der Waals surface area contributed by atoms with Gasteiger partial charge in [-0.1, -0.05) is 30.3 Å². The number of halogens is 2. The molecular formula is C19H27Cl2N3OS. The van der Waals surface area contributed by atoms with Crippen molar-refractivity contribution in [3.63, 3.8) is 0 Å². The normalized spacial score (nSPS) is 15.8. The summed E-state index contributed by atoms with van der Waals surface area (Å²) < 4.78 is 0. The highest BCUT2D eigenvalue weighted by atomic mass is 35.5. The third-order valence-electron chi connectivity index (χ3n) is 4.49. The number of aromatic nitrogens is 1. The molecule has 1 fully saturated rings. The first-order valence-electron chi connectivity index (χ1n) is 8.71. The summed E-state index contributed by atoms with van der Waals surface area (Å²) in [4.78, 5) is 17.9. The van der Waals surface area contributed by atoms with Crippen molar-refractivity contribution in [1.82, 2.24) is 15.6 Å². The summed E-state index contributed by atoms with van der Waals surface area (Å²) in [5.41, 5.74) is 2.22. The van der Waals surface area contributed by atoms with Crippen LogP contribution in [0.3, 0.4) is 0 Å². The van der Waals surface area contributed by atoms with Gasteiger partial charge in [-0.25, -0.2) is 4.98 Å². The first-order chi connectivity index (χ1) is 11.7. The average molecular weight is 416 g/mol. The summed E-state index contributed by atoms with van der Waals surface area (Å²) in [6, 6.07) is 10.3. The molecule has 0 saturated carbocycles. The van der Waals surface area contributed by atoms with Crippen molar-refractivity contribution in [2.45, 2.75) is 32.6 Å². The highest BCUT2D eigenvalue weighted by molar-refractivity contribution is 7.12. The Hall–Kier alpha value is -1.14. The second kappa shape index (κ2) is 11.5. The van der Waals surface area contributed by atoms with Crippen LogP contribution in [0.4, 0.5) is 0 Å². The first-order valence-corrected chi connectivity index (χ1v) is 9.53. The lowest BCUT2D eigenvalue weighted by Crippen LogP contribution is -2.26. The molecule has 2 heterocycles. The zero-order valence-electron chi connectivity index (χ0n) is 15.0. The van der Waals surface area contributed by atoms with Crippen LogP contribution in [-0.4, -0.2) is 30.5 Å². The Morgan fingerprint density at radius 1 is 1.31 bits per heavy atom. The summed E-state index contributed by atoms with van der Waals surface area (Å²) in [6.45, 7) is 4.94. The Morgan fingerprint density at radius 2 is 2.08 bits per heavy atom. The summed E-state index contributed by atoms with van der Waals surface area (Å²) in [5.74, 6) is 0.837. The molecule has 7 heteroatoms. The van der Waals surface area contributed by atoms with Crippen LogP contribution in [0.5, 0.6) is 0 Å². The van der Waals surface area contributed by atoms with E-state index >= 15 is 0 Å². The number of nitrogens with zero attached hydrogens (tertiary/aromatic N) is 1. The number of hydrogen-bond donors (Lipinski definition) is 2. The van der Waals surface area contributed by atoms with E-state index in [9.17, 15) is 4.79 Å². The third-order valence-corrected chi connectivity index (χ3v) is 5.52. The largest absolute Gasteiger partial charge is 0.356 e. The molecule has 4 nitrogen and oxygen atoms in total. The predicted octanol–water partition coefficient (Wildman–Crippen LogP) is 4.01. The maximum absolute atomic E-state index is 11.9. The van der Waals surface area contributed by atoms with Gasteiger partial charge in [-0.15, -0.1) is 36.2 Å². The molecule has 2 N–H and O–H groups in total. The SMILES string of the molecule is Cc1sc(CCNC(=O)CCC2CCNC2)nc1-c1ccccc1.Cl.Cl. The second-order valence-corrected chi connectivity index (χ2v) is 7.66. The van der Waals surface area contributed by atoms with Gasteiger partial charge in [0.15, 0.2) is 0 Å². The number of aryl methyl sites for hydroxylation is 1. The Balaban J connectivity index is 0.00000169. The molecule has 1 unspecified atom stereocenters. The van der Waals surface area contributed by atoms with Gasteiger partial charge in [-0.2, -0.15) is 0 Å². The lowest BCUT2D eigenvalue weighted by molar-refractivity contribution is -0.121. The van der Waals surface area contributed by atoms with Gasteiger partial charge in [0, 0.05) is 29.8 Å². The van der Waals surface area contributed by atoms with E-state index in [2.05, 4.69) is 29.7 Å². The van der Waals surface area contributed by atoms with Crippen LogP contribution < -0.4 is 10.6 Å². The molecule has 0 spiro atoms. The lowest BCUT2D eigenvalue weighted by atomic mass is 10.0. The summed E-state index contributed by atoms with van der Waals surface area (Å²) in [6.07, 6.45) is 3.63. The number of hydrogen-bond acceptors (Lipinski definition) is 4. The molecule has 26 heavy (non-hydrogen) atoms. The summed E-state index contributed by atoms with van der Waals surface area (Å²) in [7, 11) is 0. The first kappa shape index (κ1) is 22.9. The number of carbonyl (C=O) groups excluding carboxylic acids is 1. The van der Waals surface area contributed by atoms with Crippen LogP contribution in [0, 0.1) is 12.8 Å². The maximum atomic E-state index is 11.9. The molecule has 1 aromatic carbocycles. The van der Waals surface area contributed by atoms with Gasteiger partial charge in [0.25, 0.3) is 0 Å². The molecule has 1 aliphatic rings. The van der Waals surface area contributed by atoms with Crippen molar-refractivity contribution in [3.8, 4) is 11.3 Å². The zero-order chi connectivity index (χ0) is 16.8. The van der Waals surface area contributed by atoms with Gasteiger partial charge < -0.3 is 10.6 Å². The molecule has 3 rings (SSSR count). The van der Waals surface area contributed by atoms with Crippen molar-refractivity contribution >= 4 is 42.1 Å². The molecule has 0 bridgehead atoms. The second-order valence-electron chi connectivity index (χ2n) is 6.38. The van der Waals surface area contributed by atoms with E-state index in [1.54, 1.807) is 11.3 Å². The van der Waals surface area contributed by atoms with Crippen molar-refractivity contribution in [2.24, 2.45) is 5.92 Å². The standard InChI is InChI=1S/C19H25N3OS.2ClH/c1-14-19(16-5-3-2-4-6-16)22-18(24-14)10-12-21-17(23)8-7-15-9-11-20-13-15;;/h2-6,15,20H,7-13H2,1H3,(H,21,23);2*1H. The molecule has 0 aliphatic carbocycles. The Labute approximate surface area is 172 Å². The fourth-order valence-corrected chi connectivity index (χ4v) is 4.07. The molecule has 0 radical (unpaired) electrons. The van der Waals surface area contributed by atoms with E-state index in [4.69, 9.17) is 4.98 Å². The molecule has 2 aromatic rings. The minimum Gasteiger partial charge on any atom is -0.356 e. The van der Waals surface area contributed by atoms with E-state index in [1.807, 2.05) is 18.2 Å². The number of thiazole rings is 1. The van der Waals surface area contributed by atoms with Gasteiger partial charge in [-0.3, -0.25) is 4.79 Å². The highest BCUT2D eigenvalue weighted by Gasteiger charge is 2.15. The van der Waals surface area contributed by atoms with Gasteiger partial charge in [0.05, 0.1) is 10.7 Å². The molecule has 1 atom stereocenters. The topological polar surface area (TPSA) is 54.0 Å². The van der Waals surface area contributed by atoms with Crippen molar-refractivity contribution in [1.29, 1.82) is 0 Å². The molecule has 1 aromatic heterocycles. The van der Waals surface area contributed by atoms with Crippen molar-refractivity contribution in [3.05, 3.63) is 40.2 Å². The maximum Gasteiger partial charge on any atom is 0.220 e. The van der Waals surface area contributed by atoms with Crippen LogP contribution in [0.25, 0.3) is 11.3 Å². The molecule has 1 amide bonds. The monoisotopic (exact) mass is 415 g/mol. The summed E-state index contributed by atoms with van der Waals surface area (Å²) >= 11 is 1.72. The van der Waals surface area contributed by atoms with Gasteiger partial charge >= 0.3 is 0 Å². The predicted molar refractivity (Wildman–Crippen MR) is 114 cm³/mol. The number of benzene rings is 1. The van der Waals surface area contributed by atoms with Crippen LogP contribution in [0.2, 0.25) is 0 Å². The van der Waals surface area contributed by atoms with Crippen LogP contribution in [-0.2, 0) is 11.2 Å². The Bertz CT molecular complexity index is 673. The van der Waals surface area contributed by atoms with Crippen molar-refractivity contribution in [2.75, 3.05) is 19.6 Å². The van der Waals surface area contributed by atoms with Crippen LogP contribution in [0.15, 0.2) is 30.3 Å². The molecular weight excluding hydrogens is 389 g/mol. The molecule has 1 saturated heterocycles. The minimum atomic E-state index is 0. The van der Waals surface area contributed by atoms with E-state index < -0.39 is 0 Å². The van der Waals surface area contributed by atoms with Gasteiger partial charge in [0.1, 0.15) is 0 Å². The zero-order valence-corrected chi connectivity index (χ0v) is 17.4. The number of amides is 1. The van der Waals surface area contributed by atoms with E-state index in [-0.39, 0.29) is 30.7 Å². The Kier molecular flexibility index (Phi) is 10.2. The fraction of sp³-hybridized carbons (Fsp3) is 0.474. The van der Waals surface area contributed by atoms with Crippen molar-refractivity contribution < 1.29 is 4.79 Å². The number of rotatable bonds is 7. The van der Waals surface area contributed by atoms with Gasteiger partial charge in [-0.05, 0) is 38.8 Å². The van der Waals surface area contributed by atoms with Gasteiger partial charge in [0.2, 0.25) is 5.91 Å². The lowest BCUT2D eigenvalue weighted by Gasteiger charge is -2.08. The molecule has 144 valence electrons. The summed E-state index contributed by atoms with van der Waals surface area (Å²) in [5, 5.41) is 7.46. The quantitative estimate of drug-likeness (QED) is 0.717. The molecule has 1 aliphatic heterocycles. The van der Waals surface area contributed by atoms with E-state index in [1.165, 1.54) is 11.3 Å². The minimum absolute atomic E-state index is 0. The number of carbonyl (C=O) groups is 1. The average Bonchev–Trinajstić information content (AvgIpc) is 3.23. The fourth-order valence-electron chi connectivity index (χ4n) is 3.12. The highest BCUT2D eigenvalue weighted by Crippen LogP contribution is 2.27. The van der Waals surface area contributed by atoms with E-state index in [0.717, 1.165) is 42.2 Å². The van der Waals surface area contributed by atoms with Crippen LogP contribution in [0.1, 0.15) is 29.1 Å². The Morgan fingerprint density at radius 3 is 2.77 bits per heavy atom. The van der Waals surface area contributed by atoms with Crippen LogP contribution >= 0.6 is 36.2 Å². The number of nitrogens with one attached hydrogen (secondary N) is 2.